The number of ether oxygens (including phenoxy) is 2. The molecular weight excluding hydrogens is 358 g/mol. The van der Waals surface area contributed by atoms with Gasteiger partial charge in [0.2, 0.25) is 0 Å². The fourth-order valence-corrected chi connectivity index (χ4v) is 3.61. The van der Waals surface area contributed by atoms with E-state index in [4.69, 9.17) is 14.6 Å². The maximum absolute atomic E-state index is 13.1. The predicted molar refractivity (Wildman–Crippen MR) is 104 cm³/mol. The molecule has 2 heterocycles. The number of nitrogens with zero attached hydrogens (tertiary/aromatic N) is 1. The van der Waals surface area contributed by atoms with Gasteiger partial charge in [-0.15, -0.1) is 0 Å². The number of aliphatic carboxylic acids is 1. The van der Waals surface area contributed by atoms with E-state index in [0.29, 0.717) is 35.6 Å². The molecule has 0 aliphatic carbocycles. The molecule has 4 rings (SSSR count). The number of carboxylic acids is 1. The Morgan fingerprint density at radius 1 is 1.21 bits per heavy atom. The lowest BCUT2D eigenvalue weighted by Crippen LogP contribution is -2.16. The van der Waals surface area contributed by atoms with Crippen LogP contribution in [0.1, 0.15) is 28.0 Å². The van der Waals surface area contributed by atoms with Crippen LogP contribution in [-0.2, 0) is 16.0 Å². The van der Waals surface area contributed by atoms with Gasteiger partial charge in [-0.3, -0.25) is 14.2 Å². The molecule has 144 valence electrons. The van der Waals surface area contributed by atoms with Crippen molar-refractivity contribution in [1.29, 1.82) is 0 Å². The van der Waals surface area contributed by atoms with Crippen molar-refractivity contribution in [2.45, 2.75) is 25.9 Å². The molecule has 0 saturated carbocycles. The second-order valence-electron chi connectivity index (χ2n) is 6.97. The summed E-state index contributed by atoms with van der Waals surface area (Å²) in [5, 5.41) is 9.91. The van der Waals surface area contributed by atoms with Crippen molar-refractivity contribution >= 4 is 22.8 Å². The minimum Gasteiger partial charge on any atom is -0.488 e. The highest BCUT2D eigenvalue weighted by Crippen LogP contribution is 2.26. The zero-order valence-corrected chi connectivity index (χ0v) is 15.6. The average Bonchev–Trinajstić information content (AvgIpc) is 3.29. The molecule has 28 heavy (non-hydrogen) atoms. The van der Waals surface area contributed by atoms with E-state index >= 15 is 0 Å². The highest BCUT2D eigenvalue weighted by Gasteiger charge is 2.19. The molecule has 3 aromatic rings. The highest BCUT2D eigenvalue weighted by atomic mass is 16.5. The van der Waals surface area contributed by atoms with Crippen molar-refractivity contribution in [3.05, 3.63) is 65.4 Å². The number of carboxylic acid groups (broad SMARTS) is 1. The van der Waals surface area contributed by atoms with E-state index in [1.807, 2.05) is 19.1 Å². The summed E-state index contributed by atoms with van der Waals surface area (Å²) in [6.07, 6.45) is 0.852. The van der Waals surface area contributed by atoms with Crippen LogP contribution in [0.4, 0.5) is 0 Å². The number of fused-ring (bicyclic) bond motifs is 1. The van der Waals surface area contributed by atoms with E-state index < -0.39 is 5.97 Å². The van der Waals surface area contributed by atoms with Gasteiger partial charge in [-0.25, -0.2) is 0 Å². The van der Waals surface area contributed by atoms with Crippen LogP contribution in [0.3, 0.4) is 0 Å². The molecule has 2 aromatic carbocycles. The maximum atomic E-state index is 13.1. The largest absolute Gasteiger partial charge is 0.488 e. The smallest absolute Gasteiger partial charge is 0.307 e. The number of aromatic nitrogens is 1. The third kappa shape index (κ3) is 3.51. The molecule has 6 nitrogen and oxygen atoms in total. The van der Waals surface area contributed by atoms with Crippen molar-refractivity contribution in [2.75, 3.05) is 13.2 Å². The van der Waals surface area contributed by atoms with Crippen molar-refractivity contribution in [2.24, 2.45) is 0 Å². The fourth-order valence-electron chi connectivity index (χ4n) is 3.61. The monoisotopic (exact) mass is 379 g/mol. The predicted octanol–water partition coefficient (Wildman–Crippen LogP) is 3.43. The number of carbonyl (C=O) groups is 2. The van der Waals surface area contributed by atoms with E-state index in [1.54, 1.807) is 41.0 Å². The second kappa shape index (κ2) is 7.48. The average molecular weight is 379 g/mol. The van der Waals surface area contributed by atoms with Gasteiger partial charge in [0.1, 0.15) is 11.9 Å². The summed E-state index contributed by atoms with van der Waals surface area (Å²) < 4.78 is 12.8. The highest BCUT2D eigenvalue weighted by molar-refractivity contribution is 6.04. The second-order valence-corrected chi connectivity index (χ2v) is 6.97. The van der Waals surface area contributed by atoms with Crippen molar-refractivity contribution in [3.63, 3.8) is 0 Å². The van der Waals surface area contributed by atoms with Gasteiger partial charge >= 0.3 is 5.97 Å². The molecule has 0 spiro atoms. The number of aryl methyl sites for hydroxylation is 1. The summed E-state index contributed by atoms with van der Waals surface area (Å²) in [5.41, 5.74) is 2.72. The van der Waals surface area contributed by atoms with Gasteiger partial charge in [-0.2, -0.15) is 0 Å². The van der Waals surface area contributed by atoms with Crippen LogP contribution in [0.5, 0.6) is 5.75 Å². The molecule has 6 heteroatoms. The molecule has 1 N–H and O–H groups in total. The number of hydrogen-bond donors (Lipinski definition) is 1. The first-order valence-corrected chi connectivity index (χ1v) is 9.24. The zero-order chi connectivity index (χ0) is 19.7. The first-order valence-electron chi connectivity index (χ1n) is 9.24. The first kappa shape index (κ1) is 18.3. The molecule has 1 fully saturated rings. The summed E-state index contributed by atoms with van der Waals surface area (Å²) >= 11 is 0. The SMILES string of the molecule is Cc1cc2c(CC(=O)O)cccc2n1C(=O)c1ccc(OC2CCOC2)cc1. The molecule has 1 saturated heterocycles. The molecule has 1 aliphatic heterocycles. The third-order valence-corrected chi connectivity index (χ3v) is 4.96. The number of benzene rings is 2. The lowest BCUT2D eigenvalue weighted by atomic mass is 10.1. The summed E-state index contributed by atoms with van der Waals surface area (Å²) in [7, 11) is 0. The Hall–Kier alpha value is -3.12. The minimum atomic E-state index is -0.896. The molecule has 1 aromatic heterocycles. The van der Waals surface area contributed by atoms with Gasteiger partial charge in [0.15, 0.2) is 0 Å². The van der Waals surface area contributed by atoms with Crippen LogP contribution in [0.15, 0.2) is 48.5 Å². The molecular formula is C22H21NO5. The normalized spacial score (nSPS) is 16.4. The van der Waals surface area contributed by atoms with Crippen LogP contribution in [0, 0.1) is 6.92 Å². The molecule has 1 atom stereocenters. The van der Waals surface area contributed by atoms with Crippen molar-refractivity contribution in [1.82, 2.24) is 4.57 Å². The third-order valence-electron chi connectivity index (χ3n) is 4.96. The standard InChI is InChI=1S/C22H21NO5/c1-14-11-19-16(12-21(24)25)3-2-4-20(19)23(14)22(26)15-5-7-17(8-6-15)28-18-9-10-27-13-18/h2-8,11,18H,9-10,12-13H2,1H3,(H,24,25). The Balaban J connectivity index is 1.63. The summed E-state index contributed by atoms with van der Waals surface area (Å²) in [5.74, 6) is -0.340. The van der Waals surface area contributed by atoms with Crippen molar-refractivity contribution < 1.29 is 24.2 Å². The lowest BCUT2D eigenvalue weighted by molar-refractivity contribution is -0.136. The van der Waals surface area contributed by atoms with Crippen LogP contribution in [0.2, 0.25) is 0 Å². The number of rotatable bonds is 5. The van der Waals surface area contributed by atoms with Gasteiger partial charge in [0.25, 0.3) is 5.91 Å². The molecule has 1 aliphatic rings. The minimum absolute atomic E-state index is 0.0600. The molecule has 0 bridgehead atoms. The Morgan fingerprint density at radius 2 is 2.00 bits per heavy atom. The van der Waals surface area contributed by atoms with Crippen LogP contribution < -0.4 is 4.74 Å². The number of carbonyl (C=O) groups excluding carboxylic acids is 1. The van der Waals surface area contributed by atoms with E-state index in [2.05, 4.69) is 0 Å². The maximum Gasteiger partial charge on any atom is 0.307 e. The van der Waals surface area contributed by atoms with Crippen LogP contribution in [-0.4, -0.2) is 40.9 Å². The van der Waals surface area contributed by atoms with E-state index in [9.17, 15) is 9.59 Å². The van der Waals surface area contributed by atoms with Gasteiger partial charge in [0, 0.05) is 23.1 Å². The summed E-state index contributed by atoms with van der Waals surface area (Å²) in [4.78, 5) is 24.2. The zero-order valence-electron chi connectivity index (χ0n) is 15.6. The molecule has 0 amide bonds. The first-order chi connectivity index (χ1) is 13.5. The Bertz CT molecular complexity index is 1030. The van der Waals surface area contributed by atoms with Gasteiger partial charge in [0.05, 0.1) is 25.2 Å². The number of hydrogen-bond acceptors (Lipinski definition) is 4. The fraction of sp³-hybridized carbons (Fsp3) is 0.273. The topological polar surface area (TPSA) is 77.8 Å². The van der Waals surface area contributed by atoms with E-state index in [1.165, 1.54) is 0 Å². The van der Waals surface area contributed by atoms with Crippen LogP contribution in [0.25, 0.3) is 10.9 Å². The lowest BCUT2D eigenvalue weighted by Gasteiger charge is -2.12. The van der Waals surface area contributed by atoms with E-state index in [-0.39, 0.29) is 18.4 Å². The van der Waals surface area contributed by atoms with Crippen molar-refractivity contribution in [3.8, 4) is 5.75 Å². The van der Waals surface area contributed by atoms with E-state index in [0.717, 1.165) is 17.5 Å². The Morgan fingerprint density at radius 3 is 2.68 bits per heavy atom. The van der Waals surface area contributed by atoms with Gasteiger partial charge < -0.3 is 14.6 Å². The molecule has 0 radical (unpaired) electrons. The quantitative estimate of drug-likeness (QED) is 0.735. The van der Waals surface area contributed by atoms with Gasteiger partial charge in [-0.1, -0.05) is 12.1 Å². The van der Waals surface area contributed by atoms with Gasteiger partial charge in [-0.05, 0) is 48.9 Å². The molecule has 1 unspecified atom stereocenters. The van der Waals surface area contributed by atoms with Crippen LogP contribution >= 0.6 is 0 Å². The Kier molecular flexibility index (Phi) is 4.88. The Labute approximate surface area is 162 Å². The summed E-state index contributed by atoms with van der Waals surface area (Å²) in [6.45, 7) is 3.15. The summed E-state index contributed by atoms with van der Waals surface area (Å²) in [6, 6.07) is 14.4.